The molecule has 1 N–H and O–H groups in total. The van der Waals surface area contributed by atoms with Crippen molar-refractivity contribution in [3.05, 3.63) is 59.2 Å². The summed E-state index contributed by atoms with van der Waals surface area (Å²) in [6.45, 7) is 1.25. The standard InChI is InChI=1S/C19H18N2O3/c1-24-13-6-7-14-12(11-20-17(14)10-13)8-9-21-18(22)15-4-2-3-5-16(15)19(21)23/h2-7,10,12,20H,8-9,11H2,1H3. The van der Waals surface area contributed by atoms with E-state index < -0.39 is 0 Å². The fourth-order valence-corrected chi connectivity index (χ4v) is 3.50. The maximum absolute atomic E-state index is 12.4. The van der Waals surface area contributed by atoms with Gasteiger partial charge in [-0.1, -0.05) is 18.2 Å². The van der Waals surface area contributed by atoms with E-state index in [2.05, 4.69) is 11.4 Å². The van der Waals surface area contributed by atoms with Crippen LogP contribution in [0.3, 0.4) is 0 Å². The van der Waals surface area contributed by atoms with E-state index in [-0.39, 0.29) is 17.7 Å². The van der Waals surface area contributed by atoms with Crippen LogP contribution in [-0.2, 0) is 0 Å². The Bertz CT molecular complexity index is 796. The van der Waals surface area contributed by atoms with E-state index >= 15 is 0 Å². The van der Waals surface area contributed by atoms with Gasteiger partial charge >= 0.3 is 0 Å². The minimum Gasteiger partial charge on any atom is -0.497 e. The third-order valence-electron chi connectivity index (χ3n) is 4.82. The van der Waals surface area contributed by atoms with Gasteiger partial charge in [-0.2, -0.15) is 0 Å². The molecule has 2 amide bonds. The number of hydrogen-bond acceptors (Lipinski definition) is 4. The lowest BCUT2D eigenvalue weighted by atomic mass is 9.97. The molecule has 0 aromatic heterocycles. The molecule has 0 saturated carbocycles. The molecular weight excluding hydrogens is 304 g/mol. The molecule has 24 heavy (non-hydrogen) atoms. The Balaban J connectivity index is 1.48. The molecule has 5 heteroatoms. The third-order valence-corrected chi connectivity index (χ3v) is 4.82. The number of nitrogens with one attached hydrogen (secondary N) is 1. The smallest absolute Gasteiger partial charge is 0.261 e. The zero-order valence-electron chi connectivity index (χ0n) is 13.4. The molecule has 2 heterocycles. The predicted molar refractivity (Wildman–Crippen MR) is 90.7 cm³/mol. The molecule has 0 bridgehead atoms. The topological polar surface area (TPSA) is 58.6 Å². The second kappa shape index (κ2) is 5.67. The van der Waals surface area contributed by atoms with Crippen molar-refractivity contribution in [3.8, 4) is 5.75 Å². The Morgan fingerprint density at radius 2 is 1.83 bits per heavy atom. The summed E-state index contributed by atoms with van der Waals surface area (Å²) in [5.74, 6) is 0.741. The number of ether oxygens (including phenoxy) is 1. The summed E-state index contributed by atoms with van der Waals surface area (Å²) in [6, 6.07) is 13.0. The minimum absolute atomic E-state index is 0.184. The van der Waals surface area contributed by atoms with Gasteiger partial charge in [-0.05, 0) is 30.2 Å². The Labute approximate surface area is 140 Å². The minimum atomic E-state index is -0.184. The predicted octanol–water partition coefficient (Wildman–Crippen LogP) is 2.89. The van der Waals surface area contributed by atoms with Crippen molar-refractivity contribution in [2.75, 3.05) is 25.5 Å². The van der Waals surface area contributed by atoms with Crippen molar-refractivity contribution in [3.63, 3.8) is 0 Å². The molecule has 4 rings (SSSR count). The second-order valence-corrected chi connectivity index (χ2v) is 6.13. The fourth-order valence-electron chi connectivity index (χ4n) is 3.50. The lowest BCUT2D eigenvalue weighted by Gasteiger charge is -2.17. The SMILES string of the molecule is COc1ccc2c(c1)NCC2CCN1C(=O)c2ccccc2C1=O. The molecule has 0 spiro atoms. The Morgan fingerprint density at radius 1 is 1.12 bits per heavy atom. The van der Waals surface area contributed by atoms with Gasteiger partial charge < -0.3 is 10.1 Å². The van der Waals surface area contributed by atoms with E-state index in [9.17, 15) is 9.59 Å². The number of hydrogen-bond donors (Lipinski definition) is 1. The molecule has 0 radical (unpaired) electrons. The molecule has 0 fully saturated rings. The van der Waals surface area contributed by atoms with Crippen LogP contribution in [0.4, 0.5) is 5.69 Å². The van der Waals surface area contributed by atoms with Crippen LogP contribution in [0, 0.1) is 0 Å². The fraction of sp³-hybridized carbons (Fsp3) is 0.263. The average molecular weight is 322 g/mol. The van der Waals surface area contributed by atoms with E-state index in [0.717, 1.165) is 24.4 Å². The molecular formula is C19H18N2O3. The van der Waals surface area contributed by atoms with E-state index in [4.69, 9.17) is 4.74 Å². The Hall–Kier alpha value is -2.82. The molecule has 2 aromatic carbocycles. The second-order valence-electron chi connectivity index (χ2n) is 6.13. The summed E-state index contributed by atoms with van der Waals surface area (Å²) in [7, 11) is 1.65. The van der Waals surface area contributed by atoms with Gasteiger partial charge in [0.05, 0.1) is 18.2 Å². The van der Waals surface area contributed by atoms with Crippen LogP contribution in [0.2, 0.25) is 0 Å². The molecule has 0 saturated heterocycles. The highest BCUT2D eigenvalue weighted by molar-refractivity contribution is 6.21. The monoisotopic (exact) mass is 322 g/mol. The highest BCUT2D eigenvalue weighted by Crippen LogP contribution is 2.36. The molecule has 2 aromatic rings. The van der Waals surface area contributed by atoms with Gasteiger partial charge in [0.25, 0.3) is 11.8 Å². The van der Waals surface area contributed by atoms with Crippen LogP contribution in [0.1, 0.15) is 38.6 Å². The number of rotatable bonds is 4. The van der Waals surface area contributed by atoms with Crippen LogP contribution < -0.4 is 10.1 Å². The zero-order chi connectivity index (χ0) is 16.7. The summed E-state index contributed by atoms with van der Waals surface area (Å²) in [4.78, 5) is 26.2. The summed E-state index contributed by atoms with van der Waals surface area (Å²) < 4.78 is 5.24. The highest BCUT2D eigenvalue weighted by Gasteiger charge is 2.35. The Kier molecular flexibility index (Phi) is 3.49. The lowest BCUT2D eigenvalue weighted by Crippen LogP contribution is -2.31. The molecule has 5 nitrogen and oxygen atoms in total. The maximum atomic E-state index is 12.4. The molecule has 0 aliphatic carbocycles. The van der Waals surface area contributed by atoms with Crippen LogP contribution in [0.25, 0.3) is 0 Å². The first-order chi connectivity index (χ1) is 11.7. The number of anilines is 1. The summed E-state index contributed by atoms with van der Waals surface area (Å²) >= 11 is 0. The molecule has 122 valence electrons. The quantitative estimate of drug-likeness (QED) is 0.879. The average Bonchev–Trinajstić information content (AvgIpc) is 3.13. The van der Waals surface area contributed by atoms with Crippen LogP contribution >= 0.6 is 0 Å². The Morgan fingerprint density at radius 3 is 2.50 bits per heavy atom. The summed E-state index contributed by atoms with van der Waals surface area (Å²) in [6.07, 6.45) is 0.748. The van der Waals surface area contributed by atoms with Gasteiger partial charge in [-0.15, -0.1) is 0 Å². The highest BCUT2D eigenvalue weighted by atomic mass is 16.5. The van der Waals surface area contributed by atoms with Gasteiger partial charge in [-0.3, -0.25) is 14.5 Å². The van der Waals surface area contributed by atoms with Gasteiger partial charge in [0.1, 0.15) is 5.75 Å². The van der Waals surface area contributed by atoms with E-state index in [1.807, 2.05) is 12.1 Å². The van der Waals surface area contributed by atoms with E-state index in [1.54, 1.807) is 31.4 Å². The van der Waals surface area contributed by atoms with Crippen molar-refractivity contribution in [2.24, 2.45) is 0 Å². The van der Waals surface area contributed by atoms with Gasteiger partial charge in [-0.25, -0.2) is 0 Å². The van der Waals surface area contributed by atoms with Gasteiger partial charge in [0, 0.05) is 30.8 Å². The van der Waals surface area contributed by atoms with Crippen molar-refractivity contribution < 1.29 is 14.3 Å². The lowest BCUT2D eigenvalue weighted by molar-refractivity contribution is 0.0650. The first-order valence-corrected chi connectivity index (χ1v) is 8.06. The van der Waals surface area contributed by atoms with Gasteiger partial charge in [0.15, 0.2) is 0 Å². The number of imide groups is 1. The number of methoxy groups -OCH3 is 1. The zero-order valence-corrected chi connectivity index (χ0v) is 13.4. The first-order valence-electron chi connectivity index (χ1n) is 8.06. The molecule has 2 aliphatic heterocycles. The summed E-state index contributed by atoms with van der Waals surface area (Å²) in [5.41, 5.74) is 3.31. The third kappa shape index (κ3) is 2.24. The number of amides is 2. The van der Waals surface area contributed by atoms with Crippen molar-refractivity contribution >= 4 is 17.5 Å². The van der Waals surface area contributed by atoms with Crippen LogP contribution in [0.15, 0.2) is 42.5 Å². The van der Waals surface area contributed by atoms with Crippen LogP contribution in [-0.4, -0.2) is 36.9 Å². The molecule has 1 atom stereocenters. The number of fused-ring (bicyclic) bond motifs is 2. The number of nitrogens with zero attached hydrogens (tertiary/aromatic N) is 1. The van der Waals surface area contributed by atoms with E-state index in [1.165, 1.54) is 10.5 Å². The van der Waals surface area contributed by atoms with Crippen molar-refractivity contribution in [2.45, 2.75) is 12.3 Å². The van der Waals surface area contributed by atoms with Crippen molar-refractivity contribution in [1.29, 1.82) is 0 Å². The largest absolute Gasteiger partial charge is 0.497 e. The summed E-state index contributed by atoms with van der Waals surface area (Å²) in [5, 5.41) is 3.37. The maximum Gasteiger partial charge on any atom is 0.261 e. The number of carbonyl (C=O) groups is 2. The van der Waals surface area contributed by atoms with Crippen LogP contribution in [0.5, 0.6) is 5.75 Å². The van der Waals surface area contributed by atoms with Gasteiger partial charge in [0.2, 0.25) is 0 Å². The molecule has 2 aliphatic rings. The molecule has 1 unspecified atom stereocenters. The number of carbonyl (C=O) groups excluding carboxylic acids is 2. The number of benzene rings is 2. The first kappa shape index (κ1) is 14.8. The van der Waals surface area contributed by atoms with E-state index in [0.29, 0.717) is 17.7 Å². The van der Waals surface area contributed by atoms with Crippen molar-refractivity contribution in [1.82, 2.24) is 4.90 Å². The normalized spacial score (nSPS) is 18.4.